The number of amides is 1. The van der Waals surface area contributed by atoms with Gasteiger partial charge >= 0.3 is 0 Å². The van der Waals surface area contributed by atoms with Crippen LogP contribution < -0.4 is 5.32 Å². The van der Waals surface area contributed by atoms with Gasteiger partial charge in [0.25, 0.3) is 5.91 Å². The molecule has 0 bridgehead atoms. The number of aryl methyl sites for hydroxylation is 2. The smallest absolute Gasteiger partial charge is 0.254 e. The van der Waals surface area contributed by atoms with E-state index in [-0.39, 0.29) is 5.91 Å². The van der Waals surface area contributed by atoms with Crippen LogP contribution in [0.4, 0.5) is 0 Å². The van der Waals surface area contributed by atoms with Crippen LogP contribution in [0.5, 0.6) is 0 Å². The van der Waals surface area contributed by atoms with Crippen LogP contribution in [0.3, 0.4) is 0 Å². The Bertz CT molecular complexity index is 442. The first kappa shape index (κ1) is 13.1. The molecule has 1 N–H and O–H groups in total. The Labute approximate surface area is 109 Å². The molecule has 1 amide bonds. The molecular formula is C15H22N2O. The van der Waals surface area contributed by atoms with Gasteiger partial charge in [0.05, 0.1) is 0 Å². The maximum absolute atomic E-state index is 12.4. The Morgan fingerprint density at radius 1 is 1.44 bits per heavy atom. The molecule has 0 radical (unpaired) electrons. The average Bonchev–Trinajstić information content (AvgIpc) is 2.77. The molecule has 98 valence electrons. The summed E-state index contributed by atoms with van der Waals surface area (Å²) in [4.78, 5) is 14.4. The van der Waals surface area contributed by atoms with E-state index in [0.717, 1.165) is 37.2 Å². The fourth-order valence-corrected chi connectivity index (χ4v) is 2.70. The van der Waals surface area contributed by atoms with Crippen molar-refractivity contribution in [3.05, 3.63) is 34.9 Å². The van der Waals surface area contributed by atoms with Crippen LogP contribution in [0.2, 0.25) is 0 Å². The van der Waals surface area contributed by atoms with Crippen molar-refractivity contribution >= 4 is 5.91 Å². The number of carbonyl (C=O) groups excluding carboxylic acids is 1. The topological polar surface area (TPSA) is 32.3 Å². The molecule has 1 aliphatic heterocycles. The van der Waals surface area contributed by atoms with Crippen LogP contribution in [0.15, 0.2) is 18.2 Å². The van der Waals surface area contributed by atoms with E-state index in [9.17, 15) is 4.79 Å². The van der Waals surface area contributed by atoms with Crippen LogP contribution in [0.25, 0.3) is 0 Å². The summed E-state index contributed by atoms with van der Waals surface area (Å²) < 4.78 is 0. The van der Waals surface area contributed by atoms with Gasteiger partial charge in [-0.05, 0) is 51.4 Å². The van der Waals surface area contributed by atoms with Gasteiger partial charge in [-0.15, -0.1) is 0 Å². The van der Waals surface area contributed by atoms with Crippen molar-refractivity contribution in [1.82, 2.24) is 10.2 Å². The van der Waals surface area contributed by atoms with Crippen LogP contribution in [-0.4, -0.2) is 37.5 Å². The monoisotopic (exact) mass is 246 g/mol. The average molecular weight is 246 g/mol. The van der Waals surface area contributed by atoms with E-state index in [1.807, 2.05) is 31.0 Å². The number of nitrogens with one attached hydrogen (secondary N) is 1. The lowest BCUT2D eigenvalue weighted by atomic mass is 10.0. The first-order valence-electron chi connectivity index (χ1n) is 6.63. The van der Waals surface area contributed by atoms with E-state index in [0.29, 0.717) is 5.92 Å². The fraction of sp³-hybridized carbons (Fsp3) is 0.533. The van der Waals surface area contributed by atoms with E-state index in [1.54, 1.807) is 0 Å². The Morgan fingerprint density at radius 2 is 2.22 bits per heavy atom. The van der Waals surface area contributed by atoms with Crippen molar-refractivity contribution in [3.63, 3.8) is 0 Å². The Balaban J connectivity index is 2.08. The van der Waals surface area contributed by atoms with E-state index in [2.05, 4.69) is 18.3 Å². The zero-order chi connectivity index (χ0) is 13.1. The number of likely N-dealkylation sites (tertiary alicyclic amines) is 1. The SMILES string of the molecule is CNCC1CCN(C(=O)c2ccc(C)cc2C)C1. The zero-order valence-electron chi connectivity index (χ0n) is 11.5. The minimum Gasteiger partial charge on any atom is -0.338 e. The third kappa shape index (κ3) is 2.72. The third-order valence-electron chi connectivity index (χ3n) is 3.68. The quantitative estimate of drug-likeness (QED) is 0.884. The number of hydrogen-bond donors (Lipinski definition) is 1. The largest absolute Gasteiger partial charge is 0.338 e. The highest BCUT2D eigenvalue weighted by Gasteiger charge is 2.26. The van der Waals surface area contributed by atoms with E-state index in [1.165, 1.54) is 5.56 Å². The van der Waals surface area contributed by atoms with Crippen LogP contribution in [0, 0.1) is 19.8 Å². The fourth-order valence-electron chi connectivity index (χ4n) is 2.70. The Kier molecular flexibility index (Phi) is 4.02. The molecule has 0 aliphatic carbocycles. The Hall–Kier alpha value is -1.35. The molecule has 1 saturated heterocycles. The lowest BCUT2D eigenvalue weighted by Gasteiger charge is -2.18. The van der Waals surface area contributed by atoms with Gasteiger partial charge in [0.1, 0.15) is 0 Å². The molecule has 1 atom stereocenters. The van der Waals surface area contributed by atoms with Gasteiger partial charge in [0, 0.05) is 18.7 Å². The van der Waals surface area contributed by atoms with E-state index in [4.69, 9.17) is 0 Å². The summed E-state index contributed by atoms with van der Waals surface area (Å²) >= 11 is 0. The summed E-state index contributed by atoms with van der Waals surface area (Å²) in [5.74, 6) is 0.788. The molecule has 1 aromatic rings. The molecule has 0 aromatic heterocycles. The zero-order valence-corrected chi connectivity index (χ0v) is 11.5. The molecular weight excluding hydrogens is 224 g/mol. The van der Waals surface area contributed by atoms with Gasteiger partial charge in [-0.3, -0.25) is 4.79 Å². The van der Waals surface area contributed by atoms with E-state index >= 15 is 0 Å². The molecule has 2 rings (SSSR count). The second kappa shape index (κ2) is 5.53. The third-order valence-corrected chi connectivity index (χ3v) is 3.68. The minimum atomic E-state index is 0.186. The normalized spacial score (nSPS) is 19.3. The van der Waals surface area contributed by atoms with Crippen molar-refractivity contribution < 1.29 is 4.79 Å². The van der Waals surface area contributed by atoms with Crippen molar-refractivity contribution in [2.45, 2.75) is 20.3 Å². The van der Waals surface area contributed by atoms with Crippen molar-refractivity contribution in [2.75, 3.05) is 26.7 Å². The molecule has 18 heavy (non-hydrogen) atoms. The molecule has 1 aromatic carbocycles. The summed E-state index contributed by atoms with van der Waals surface area (Å²) in [7, 11) is 1.97. The molecule has 1 fully saturated rings. The van der Waals surface area contributed by atoms with Crippen LogP contribution >= 0.6 is 0 Å². The molecule has 0 saturated carbocycles. The van der Waals surface area contributed by atoms with Gasteiger partial charge in [0.2, 0.25) is 0 Å². The lowest BCUT2D eigenvalue weighted by Crippen LogP contribution is -2.30. The molecule has 3 nitrogen and oxygen atoms in total. The number of rotatable bonds is 3. The second-order valence-electron chi connectivity index (χ2n) is 5.28. The number of benzene rings is 1. The first-order chi connectivity index (χ1) is 8.61. The Morgan fingerprint density at radius 3 is 2.89 bits per heavy atom. The standard InChI is InChI=1S/C15H22N2O/c1-11-4-5-14(12(2)8-11)15(18)17-7-6-13(10-17)9-16-3/h4-5,8,13,16H,6-7,9-10H2,1-3H3. The maximum Gasteiger partial charge on any atom is 0.254 e. The van der Waals surface area contributed by atoms with E-state index < -0.39 is 0 Å². The summed E-state index contributed by atoms with van der Waals surface area (Å²) in [6.07, 6.45) is 1.11. The van der Waals surface area contributed by atoms with Crippen molar-refractivity contribution in [3.8, 4) is 0 Å². The number of carbonyl (C=O) groups is 1. The number of nitrogens with zero attached hydrogens (tertiary/aromatic N) is 1. The van der Waals surface area contributed by atoms with Gasteiger partial charge in [-0.25, -0.2) is 0 Å². The highest BCUT2D eigenvalue weighted by molar-refractivity contribution is 5.95. The number of hydrogen-bond acceptors (Lipinski definition) is 2. The molecule has 3 heteroatoms. The van der Waals surface area contributed by atoms with Crippen LogP contribution in [-0.2, 0) is 0 Å². The molecule has 0 spiro atoms. The molecule has 1 unspecified atom stereocenters. The van der Waals surface area contributed by atoms with Crippen molar-refractivity contribution in [1.29, 1.82) is 0 Å². The summed E-state index contributed by atoms with van der Waals surface area (Å²) in [6, 6.07) is 6.05. The molecule has 1 aliphatic rings. The van der Waals surface area contributed by atoms with Gasteiger partial charge in [-0.2, -0.15) is 0 Å². The highest BCUT2D eigenvalue weighted by Crippen LogP contribution is 2.20. The summed E-state index contributed by atoms with van der Waals surface area (Å²) in [6.45, 7) is 6.84. The highest BCUT2D eigenvalue weighted by atomic mass is 16.2. The van der Waals surface area contributed by atoms with Gasteiger partial charge < -0.3 is 10.2 Å². The molecule has 1 heterocycles. The van der Waals surface area contributed by atoms with Crippen molar-refractivity contribution in [2.24, 2.45) is 5.92 Å². The summed E-state index contributed by atoms with van der Waals surface area (Å²) in [5.41, 5.74) is 3.14. The first-order valence-corrected chi connectivity index (χ1v) is 6.63. The van der Waals surface area contributed by atoms with Gasteiger partial charge in [-0.1, -0.05) is 17.7 Å². The summed E-state index contributed by atoms with van der Waals surface area (Å²) in [5, 5.41) is 3.19. The van der Waals surface area contributed by atoms with Gasteiger partial charge in [0.15, 0.2) is 0 Å². The lowest BCUT2D eigenvalue weighted by molar-refractivity contribution is 0.0786. The predicted octanol–water partition coefficient (Wildman–Crippen LogP) is 1.98. The second-order valence-corrected chi connectivity index (χ2v) is 5.28. The maximum atomic E-state index is 12.4. The minimum absolute atomic E-state index is 0.186. The predicted molar refractivity (Wildman–Crippen MR) is 73.9 cm³/mol. The van der Waals surface area contributed by atoms with Crippen LogP contribution in [0.1, 0.15) is 27.9 Å².